The lowest BCUT2D eigenvalue weighted by Crippen LogP contribution is -2.57. The van der Waals surface area contributed by atoms with Crippen molar-refractivity contribution in [2.45, 2.75) is 63.3 Å². The Kier molecular flexibility index (Phi) is 4.91. The second kappa shape index (κ2) is 7.57. The molecule has 3 saturated heterocycles. The third-order valence-corrected chi connectivity index (χ3v) is 7.08. The van der Waals surface area contributed by atoms with E-state index >= 15 is 0 Å². The molecule has 2 N–H and O–H groups in total. The molecule has 1 unspecified atom stereocenters. The number of hydrogen-bond donors (Lipinski definition) is 2. The lowest BCUT2D eigenvalue weighted by Gasteiger charge is -2.49. The number of furan rings is 1. The van der Waals surface area contributed by atoms with Crippen molar-refractivity contribution in [2.24, 2.45) is 11.8 Å². The highest BCUT2D eigenvalue weighted by Crippen LogP contribution is 2.38. The predicted octanol–water partition coefficient (Wildman–Crippen LogP) is 1.66. The summed E-state index contributed by atoms with van der Waals surface area (Å²) in [6.45, 7) is 3.04. The molecule has 0 spiro atoms. The molecule has 29 heavy (non-hydrogen) atoms. The van der Waals surface area contributed by atoms with Crippen molar-refractivity contribution in [3.63, 3.8) is 0 Å². The van der Waals surface area contributed by atoms with Crippen molar-refractivity contribution in [1.29, 1.82) is 0 Å². The molecule has 0 radical (unpaired) electrons. The zero-order valence-corrected chi connectivity index (χ0v) is 16.7. The standard InChI is InChI=1S/C21H29N5O3/c27-20(22-11-17-4-3-9-29-17)18-13-25-8-5-15(18)10-16(25)12-26-14-19(23-24-26)21(28)6-1-2-7-21/h3-4,9,14-16,18,28H,1-2,5-8,10-13H2,(H,22,27)/t15-,16-,18-/m1/s1. The molecular formula is C21H29N5O3. The average molecular weight is 399 g/mol. The topological polar surface area (TPSA) is 96.4 Å². The lowest BCUT2D eigenvalue weighted by molar-refractivity contribution is -0.133. The van der Waals surface area contributed by atoms with E-state index in [4.69, 9.17) is 4.42 Å². The molecular weight excluding hydrogens is 370 g/mol. The molecule has 156 valence electrons. The van der Waals surface area contributed by atoms with Gasteiger partial charge in [0.25, 0.3) is 0 Å². The van der Waals surface area contributed by atoms with Crippen molar-refractivity contribution >= 4 is 5.91 Å². The van der Waals surface area contributed by atoms with Crippen LogP contribution in [0.15, 0.2) is 29.0 Å². The number of piperidine rings is 3. The summed E-state index contributed by atoms with van der Waals surface area (Å²) in [7, 11) is 0. The molecule has 5 heterocycles. The fourth-order valence-corrected chi connectivity index (χ4v) is 5.38. The van der Waals surface area contributed by atoms with Crippen LogP contribution >= 0.6 is 0 Å². The number of amides is 1. The molecule has 2 bridgehead atoms. The summed E-state index contributed by atoms with van der Waals surface area (Å²) < 4.78 is 7.18. The smallest absolute Gasteiger partial charge is 0.225 e. The van der Waals surface area contributed by atoms with Gasteiger partial charge in [0.1, 0.15) is 17.1 Å². The minimum atomic E-state index is -0.790. The Hall–Kier alpha value is -2.19. The van der Waals surface area contributed by atoms with Crippen molar-refractivity contribution in [3.8, 4) is 0 Å². The quantitative estimate of drug-likeness (QED) is 0.767. The number of carbonyl (C=O) groups excluding carboxylic acids is 1. The van der Waals surface area contributed by atoms with Crippen LogP contribution in [0.2, 0.25) is 0 Å². The maximum absolute atomic E-state index is 12.7. The first-order valence-corrected chi connectivity index (χ1v) is 10.8. The predicted molar refractivity (Wildman–Crippen MR) is 105 cm³/mol. The number of carbonyl (C=O) groups is 1. The Morgan fingerprint density at radius 2 is 2.24 bits per heavy atom. The van der Waals surface area contributed by atoms with E-state index in [0.717, 1.165) is 63.9 Å². The second-order valence-electron chi connectivity index (χ2n) is 8.90. The van der Waals surface area contributed by atoms with Gasteiger partial charge in [-0.2, -0.15) is 0 Å². The van der Waals surface area contributed by atoms with Gasteiger partial charge in [-0.15, -0.1) is 5.10 Å². The number of fused-ring (bicyclic) bond motifs is 3. The highest BCUT2D eigenvalue weighted by Gasteiger charge is 2.43. The van der Waals surface area contributed by atoms with E-state index in [-0.39, 0.29) is 11.8 Å². The summed E-state index contributed by atoms with van der Waals surface area (Å²) in [5.41, 5.74) is -0.0810. The third-order valence-electron chi connectivity index (χ3n) is 7.08. The van der Waals surface area contributed by atoms with Gasteiger partial charge in [-0.05, 0) is 50.3 Å². The van der Waals surface area contributed by atoms with Crippen molar-refractivity contribution in [1.82, 2.24) is 25.2 Å². The highest BCUT2D eigenvalue weighted by atomic mass is 16.3. The summed E-state index contributed by atoms with van der Waals surface area (Å²) in [6.07, 6.45) is 9.26. The number of aliphatic hydroxyl groups is 1. The number of nitrogens with one attached hydrogen (secondary N) is 1. The van der Waals surface area contributed by atoms with E-state index in [2.05, 4.69) is 20.5 Å². The summed E-state index contributed by atoms with van der Waals surface area (Å²) in [5, 5.41) is 22.3. The molecule has 8 nitrogen and oxygen atoms in total. The maximum atomic E-state index is 12.7. The van der Waals surface area contributed by atoms with E-state index in [1.165, 1.54) is 0 Å². The van der Waals surface area contributed by atoms with Crippen LogP contribution in [-0.4, -0.2) is 50.0 Å². The molecule has 8 heteroatoms. The van der Waals surface area contributed by atoms with Gasteiger partial charge in [-0.3, -0.25) is 14.4 Å². The molecule has 4 aliphatic rings. The normalized spacial score (nSPS) is 30.5. The molecule has 6 rings (SSSR count). The SMILES string of the molecule is O=C(NCc1ccco1)[C@@H]1CN2CC[C@@H]1C[C@@H]2Cn1cc(C2(O)CCCC2)nn1. The minimum absolute atomic E-state index is 0.0421. The first kappa shape index (κ1) is 18.8. The summed E-state index contributed by atoms with van der Waals surface area (Å²) in [5.74, 6) is 1.36. The Bertz CT molecular complexity index is 842. The van der Waals surface area contributed by atoms with Crippen LogP contribution in [0.25, 0.3) is 0 Å². The fraction of sp³-hybridized carbons (Fsp3) is 0.667. The summed E-state index contributed by atoms with van der Waals surface area (Å²) in [6, 6.07) is 4.08. The van der Waals surface area contributed by atoms with Gasteiger partial charge in [0.15, 0.2) is 0 Å². The molecule has 1 amide bonds. The van der Waals surface area contributed by atoms with Gasteiger partial charge >= 0.3 is 0 Å². The van der Waals surface area contributed by atoms with Gasteiger partial charge in [0.2, 0.25) is 5.91 Å². The largest absolute Gasteiger partial charge is 0.467 e. The van der Waals surface area contributed by atoms with Crippen LogP contribution in [0.1, 0.15) is 50.0 Å². The Labute approximate surface area is 170 Å². The van der Waals surface area contributed by atoms with Crippen LogP contribution in [0, 0.1) is 11.8 Å². The molecule has 4 atom stereocenters. The van der Waals surface area contributed by atoms with Crippen molar-refractivity contribution in [2.75, 3.05) is 13.1 Å². The van der Waals surface area contributed by atoms with Gasteiger partial charge in [0, 0.05) is 12.6 Å². The van der Waals surface area contributed by atoms with Gasteiger partial charge in [-0.1, -0.05) is 18.1 Å². The van der Waals surface area contributed by atoms with Gasteiger partial charge in [-0.25, -0.2) is 0 Å². The van der Waals surface area contributed by atoms with Crippen molar-refractivity contribution in [3.05, 3.63) is 36.0 Å². The van der Waals surface area contributed by atoms with Crippen LogP contribution in [-0.2, 0) is 23.5 Å². The molecule has 4 fully saturated rings. The maximum Gasteiger partial charge on any atom is 0.225 e. The molecule has 1 aliphatic carbocycles. The molecule has 3 aliphatic heterocycles. The second-order valence-corrected chi connectivity index (χ2v) is 8.90. The van der Waals surface area contributed by atoms with E-state index in [0.29, 0.717) is 24.2 Å². The average Bonchev–Trinajstić information content (AvgIpc) is 3.49. The Balaban J connectivity index is 1.18. The molecule has 1 saturated carbocycles. The number of rotatable bonds is 6. The van der Waals surface area contributed by atoms with E-state index < -0.39 is 5.60 Å². The minimum Gasteiger partial charge on any atom is -0.467 e. The number of nitrogens with zero attached hydrogens (tertiary/aromatic N) is 4. The van der Waals surface area contributed by atoms with E-state index in [1.807, 2.05) is 23.0 Å². The van der Waals surface area contributed by atoms with Gasteiger partial charge in [0.05, 0.1) is 31.5 Å². The highest BCUT2D eigenvalue weighted by molar-refractivity contribution is 5.79. The number of hydrogen-bond acceptors (Lipinski definition) is 6. The molecule has 2 aromatic heterocycles. The first-order chi connectivity index (χ1) is 14.1. The van der Waals surface area contributed by atoms with E-state index in [1.54, 1.807) is 6.26 Å². The van der Waals surface area contributed by atoms with Crippen LogP contribution in [0.4, 0.5) is 0 Å². The first-order valence-electron chi connectivity index (χ1n) is 10.8. The third kappa shape index (κ3) is 3.71. The van der Waals surface area contributed by atoms with Gasteiger partial charge < -0.3 is 14.8 Å². The monoisotopic (exact) mass is 399 g/mol. The zero-order chi connectivity index (χ0) is 19.8. The molecule has 2 aromatic rings. The Morgan fingerprint density at radius 3 is 2.97 bits per heavy atom. The number of aromatic nitrogens is 3. The van der Waals surface area contributed by atoms with Crippen LogP contribution in [0.5, 0.6) is 0 Å². The Morgan fingerprint density at radius 1 is 1.38 bits per heavy atom. The van der Waals surface area contributed by atoms with E-state index in [9.17, 15) is 9.90 Å². The zero-order valence-electron chi connectivity index (χ0n) is 16.7. The van der Waals surface area contributed by atoms with Crippen molar-refractivity contribution < 1.29 is 14.3 Å². The molecule has 0 aromatic carbocycles. The van der Waals surface area contributed by atoms with Crippen LogP contribution < -0.4 is 5.32 Å². The fourth-order valence-electron chi connectivity index (χ4n) is 5.38. The van der Waals surface area contributed by atoms with Crippen LogP contribution in [0.3, 0.4) is 0 Å². The lowest BCUT2D eigenvalue weighted by atomic mass is 9.75. The summed E-state index contributed by atoms with van der Waals surface area (Å²) >= 11 is 0. The summed E-state index contributed by atoms with van der Waals surface area (Å²) in [4.78, 5) is 15.1.